The summed E-state index contributed by atoms with van der Waals surface area (Å²) in [7, 11) is -3.69. The minimum Gasteiger partial charge on any atom is -0.490 e. The molecule has 0 aromatic heterocycles. The zero-order chi connectivity index (χ0) is 14.0. The van der Waals surface area contributed by atoms with Crippen LogP contribution in [0, 0.1) is 0 Å². The lowest BCUT2D eigenvalue weighted by Gasteiger charge is -2.14. The van der Waals surface area contributed by atoms with Gasteiger partial charge in [0.1, 0.15) is 12.4 Å². The van der Waals surface area contributed by atoms with Gasteiger partial charge in [0.2, 0.25) is 10.0 Å². The van der Waals surface area contributed by atoms with Gasteiger partial charge in [-0.1, -0.05) is 0 Å². The first-order valence-corrected chi connectivity index (χ1v) is 8.31. The minimum atomic E-state index is -3.69. The molecule has 0 radical (unpaired) electrons. The van der Waals surface area contributed by atoms with Crippen molar-refractivity contribution in [1.82, 2.24) is 0 Å². The summed E-state index contributed by atoms with van der Waals surface area (Å²) in [5.41, 5.74) is 0. The van der Waals surface area contributed by atoms with Gasteiger partial charge in [-0.3, -0.25) is 0 Å². The summed E-state index contributed by atoms with van der Waals surface area (Å²) >= 11 is 3.28. The van der Waals surface area contributed by atoms with E-state index in [2.05, 4.69) is 15.9 Å². The molecule has 5 nitrogen and oxygen atoms in total. The van der Waals surface area contributed by atoms with Crippen LogP contribution in [-0.2, 0) is 14.8 Å². The number of hydrogen-bond acceptors (Lipinski definition) is 4. The van der Waals surface area contributed by atoms with E-state index in [9.17, 15) is 8.42 Å². The van der Waals surface area contributed by atoms with Gasteiger partial charge in [-0.2, -0.15) is 0 Å². The fourth-order valence-corrected chi connectivity index (χ4v) is 3.15. The Hall–Kier alpha value is -0.630. The van der Waals surface area contributed by atoms with E-state index in [0.717, 1.165) is 12.8 Å². The Morgan fingerprint density at radius 3 is 2.74 bits per heavy atom. The highest BCUT2D eigenvalue weighted by Crippen LogP contribution is 2.28. The van der Waals surface area contributed by atoms with Crippen molar-refractivity contribution in [2.24, 2.45) is 5.14 Å². The van der Waals surface area contributed by atoms with Crippen LogP contribution in [0.4, 0.5) is 0 Å². The maximum absolute atomic E-state index is 11.2. The fourth-order valence-electron chi connectivity index (χ4n) is 1.97. The van der Waals surface area contributed by atoms with E-state index in [1.807, 2.05) is 6.92 Å². The van der Waals surface area contributed by atoms with Gasteiger partial charge >= 0.3 is 0 Å². The predicted octanol–water partition coefficient (Wildman–Crippen LogP) is 2.04. The maximum Gasteiger partial charge on any atom is 0.238 e. The Morgan fingerprint density at radius 2 is 2.21 bits per heavy atom. The highest BCUT2D eigenvalue weighted by molar-refractivity contribution is 9.10. The molecule has 1 fully saturated rings. The van der Waals surface area contributed by atoms with Crippen molar-refractivity contribution in [3.63, 3.8) is 0 Å². The smallest absolute Gasteiger partial charge is 0.238 e. The van der Waals surface area contributed by atoms with Crippen LogP contribution in [0.1, 0.15) is 19.8 Å². The molecule has 1 aliphatic rings. The summed E-state index contributed by atoms with van der Waals surface area (Å²) in [5, 5.41) is 5.06. The zero-order valence-electron chi connectivity index (χ0n) is 10.5. The number of halogens is 1. The van der Waals surface area contributed by atoms with Gasteiger partial charge in [0.05, 0.1) is 21.6 Å². The second-order valence-corrected chi connectivity index (χ2v) is 7.01. The Kier molecular flexibility index (Phi) is 4.50. The average Bonchev–Trinajstić information content (AvgIpc) is 2.72. The number of nitrogens with two attached hydrogens (primary N) is 1. The quantitative estimate of drug-likeness (QED) is 0.901. The molecule has 1 heterocycles. The summed E-state index contributed by atoms with van der Waals surface area (Å²) in [6, 6.07) is 4.44. The highest BCUT2D eigenvalue weighted by Gasteiger charge is 2.22. The van der Waals surface area contributed by atoms with Crippen LogP contribution in [0.3, 0.4) is 0 Å². The first kappa shape index (κ1) is 14.8. The van der Waals surface area contributed by atoms with Gasteiger partial charge < -0.3 is 9.47 Å². The van der Waals surface area contributed by atoms with Crippen molar-refractivity contribution >= 4 is 26.0 Å². The maximum atomic E-state index is 11.2. The summed E-state index contributed by atoms with van der Waals surface area (Å²) in [4.78, 5) is 0.0532. The number of primary sulfonamides is 1. The summed E-state index contributed by atoms with van der Waals surface area (Å²) in [6.07, 6.45) is 2.40. The van der Waals surface area contributed by atoms with Crippen molar-refractivity contribution < 1.29 is 17.9 Å². The third-order valence-electron chi connectivity index (χ3n) is 2.98. The molecule has 1 aromatic rings. The van der Waals surface area contributed by atoms with Crippen LogP contribution in [-0.4, -0.2) is 27.2 Å². The molecule has 0 saturated carbocycles. The number of hydrogen-bond donors (Lipinski definition) is 1. The Morgan fingerprint density at radius 1 is 1.47 bits per heavy atom. The van der Waals surface area contributed by atoms with Crippen LogP contribution in [0.15, 0.2) is 27.6 Å². The van der Waals surface area contributed by atoms with Crippen LogP contribution >= 0.6 is 15.9 Å². The lowest BCUT2D eigenvalue weighted by atomic mass is 10.2. The van der Waals surface area contributed by atoms with Crippen molar-refractivity contribution in [2.75, 3.05) is 6.61 Å². The third-order valence-corrected chi connectivity index (χ3v) is 4.51. The Bertz CT molecular complexity index is 561. The van der Waals surface area contributed by atoms with Crippen molar-refractivity contribution in [1.29, 1.82) is 0 Å². The first-order chi connectivity index (χ1) is 8.86. The van der Waals surface area contributed by atoms with E-state index in [1.54, 1.807) is 6.07 Å². The van der Waals surface area contributed by atoms with Crippen molar-refractivity contribution in [3.8, 4) is 5.75 Å². The zero-order valence-corrected chi connectivity index (χ0v) is 12.9. The summed E-state index contributed by atoms with van der Waals surface area (Å²) in [5.74, 6) is 0.579. The molecule has 1 aromatic carbocycles. The molecule has 2 rings (SSSR count). The second kappa shape index (κ2) is 5.78. The molecule has 19 heavy (non-hydrogen) atoms. The van der Waals surface area contributed by atoms with E-state index in [1.165, 1.54) is 12.1 Å². The number of ether oxygens (including phenoxy) is 2. The number of benzene rings is 1. The molecule has 106 valence electrons. The van der Waals surface area contributed by atoms with Crippen LogP contribution < -0.4 is 9.88 Å². The van der Waals surface area contributed by atoms with Gasteiger partial charge in [-0.05, 0) is 53.9 Å². The number of rotatable bonds is 4. The van der Waals surface area contributed by atoms with E-state index in [4.69, 9.17) is 14.6 Å². The molecule has 0 aliphatic carbocycles. The lowest BCUT2D eigenvalue weighted by Crippen LogP contribution is -2.18. The predicted molar refractivity (Wildman–Crippen MR) is 74.6 cm³/mol. The van der Waals surface area contributed by atoms with Gasteiger partial charge in [0.15, 0.2) is 0 Å². The second-order valence-electron chi connectivity index (χ2n) is 4.59. The van der Waals surface area contributed by atoms with Gasteiger partial charge in [-0.15, -0.1) is 0 Å². The lowest BCUT2D eigenvalue weighted by molar-refractivity contribution is 0.0263. The summed E-state index contributed by atoms with van der Waals surface area (Å²) < 4.78 is 34.2. The molecule has 0 spiro atoms. The molecular weight excluding hydrogens is 334 g/mol. The molecule has 7 heteroatoms. The highest BCUT2D eigenvalue weighted by atomic mass is 79.9. The van der Waals surface area contributed by atoms with Crippen LogP contribution in [0.5, 0.6) is 5.75 Å². The average molecular weight is 350 g/mol. The van der Waals surface area contributed by atoms with Gasteiger partial charge in [0.25, 0.3) is 0 Å². The number of sulfonamides is 1. The third kappa shape index (κ3) is 3.92. The monoisotopic (exact) mass is 349 g/mol. The van der Waals surface area contributed by atoms with Gasteiger partial charge in [0, 0.05) is 0 Å². The normalized spacial score (nSPS) is 23.5. The Balaban J connectivity index is 2.02. The van der Waals surface area contributed by atoms with Gasteiger partial charge in [-0.25, -0.2) is 13.6 Å². The van der Waals surface area contributed by atoms with E-state index >= 15 is 0 Å². The first-order valence-electron chi connectivity index (χ1n) is 5.97. The molecule has 2 unspecified atom stereocenters. The molecule has 0 amide bonds. The molecule has 1 aliphatic heterocycles. The minimum absolute atomic E-state index is 0.0532. The molecule has 2 N–H and O–H groups in total. The molecule has 1 saturated heterocycles. The standard InChI is InChI=1S/C12H16BrNO4S/c1-8-2-3-9(18-8)7-17-12-5-4-10(6-11(12)13)19(14,15)16/h4-6,8-9H,2-3,7H2,1H3,(H2,14,15,16). The van der Waals surface area contributed by atoms with E-state index in [0.29, 0.717) is 16.8 Å². The topological polar surface area (TPSA) is 78.6 Å². The molecular formula is C12H16BrNO4S. The largest absolute Gasteiger partial charge is 0.490 e. The fraction of sp³-hybridized carbons (Fsp3) is 0.500. The van der Waals surface area contributed by atoms with Crippen molar-refractivity contribution in [3.05, 3.63) is 22.7 Å². The van der Waals surface area contributed by atoms with E-state index in [-0.39, 0.29) is 17.1 Å². The van der Waals surface area contributed by atoms with Crippen LogP contribution in [0.2, 0.25) is 0 Å². The Labute approximate surface area is 121 Å². The van der Waals surface area contributed by atoms with Crippen molar-refractivity contribution in [2.45, 2.75) is 36.9 Å². The van der Waals surface area contributed by atoms with Crippen LogP contribution in [0.25, 0.3) is 0 Å². The SMILES string of the molecule is CC1CCC(COc2ccc(S(N)(=O)=O)cc2Br)O1. The summed E-state index contributed by atoms with van der Waals surface area (Å²) in [6.45, 7) is 2.49. The van der Waals surface area contributed by atoms with E-state index < -0.39 is 10.0 Å². The molecule has 0 bridgehead atoms. The molecule has 2 atom stereocenters.